The molecule has 2 aliphatic heterocycles. The van der Waals surface area contributed by atoms with Gasteiger partial charge in [0, 0.05) is 42.1 Å². The van der Waals surface area contributed by atoms with Crippen LogP contribution in [-0.4, -0.2) is 47.4 Å². The van der Waals surface area contributed by atoms with Crippen molar-refractivity contribution in [3.8, 4) is 11.4 Å². The second-order valence-electron chi connectivity index (χ2n) is 8.64. The smallest absolute Gasteiger partial charge is 0.121 e. The zero-order valence-corrected chi connectivity index (χ0v) is 19.3. The number of fused-ring (bicyclic) bond motifs is 4. The highest BCUT2D eigenvalue weighted by molar-refractivity contribution is 9.10. The molecule has 1 fully saturated rings. The number of nitrogens with one attached hydrogen (secondary N) is 1. The second kappa shape index (κ2) is 8.34. The van der Waals surface area contributed by atoms with Gasteiger partial charge >= 0.3 is 0 Å². The summed E-state index contributed by atoms with van der Waals surface area (Å²) in [5, 5.41) is 14.5. The highest BCUT2D eigenvalue weighted by atomic mass is 79.9. The Bertz CT molecular complexity index is 1050. The first-order valence-electron chi connectivity index (χ1n) is 10.9. The zero-order chi connectivity index (χ0) is 21.4. The molecule has 1 atom stereocenters. The van der Waals surface area contributed by atoms with Gasteiger partial charge < -0.3 is 24.6 Å². The van der Waals surface area contributed by atoms with Crippen LogP contribution in [0.3, 0.4) is 0 Å². The molecule has 1 saturated heterocycles. The first-order valence-corrected chi connectivity index (χ1v) is 11.6. The van der Waals surface area contributed by atoms with Crippen molar-refractivity contribution in [3.63, 3.8) is 0 Å². The number of halogens is 1. The van der Waals surface area contributed by atoms with E-state index in [4.69, 9.17) is 4.74 Å². The molecule has 5 rings (SSSR count). The van der Waals surface area contributed by atoms with Crippen LogP contribution in [0.15, 0.2) is 65.3 Å². The summed E-state index contributed by atoms with van der Waals surface area (Å²) in [5.41, 5.74) is 4.68. The van der Waals surface area contributed by atoms with E-state index >= 15 is 0 Å². The highest BCUT2D eigenvalue weighted by Crippen LogP contribution is 2.44. The Labute approximate surface area is 191 Å². The van der Waals surface area contributed by atoms with Crippen LogP contribution in [0.25, 0.3) is 5.69 Å². The molecule has 3 aromatic rings. The lowest BCUT2D eigenvalue weighted by molar-refractivity contribution is 0.0846. The van der Waals surface area contributed by atoms with Gasteiger partial charge in [0.25, 0.3) is 0 Å². The molecule has 2 N–H and O–H groups in total. The molecule has 2 aliphatic rings. The number of hydrogen-bond acceptors (Lipinski definition) is 4. The second-order valence-corrected chi connectivity index (χ2v) is 9.55. The molecular weight excluding hydrogens is 454 g/mol. The van der Waals surface area contributed by atoms with Gasteiger partial charge in [-0.15, -0.1) is 0 Å². The van der Waals surface area contributed by atoms with E-state index in [1.165, 1.54) is 16.9 Å². The van der Waals surface area contributed by atoms with Crippen molar-refractivity contribution in [3.05, 3.63) is 76.5 Å². The van der Waals surface area contributed by atoms with E-state index in [1.807, 2.05) is 18.2 Å². The van der Waals surface area contributed by atoms with Crippen LogP contribution in [0.1, 0.15) is 24.1 Å². The summed E-state index contributed by atoms with van der Waals surface area (Å²) in [5.74, 6) is 0.866. The summed E-state index contributed by atoms with van der Waals surface area (Å²) >= 11 is 3.47. The van der Waals surface area contributed by atoms with Gasteiger partial charge in [0.15, 0.2) is 0 Å². The van der Waals surface area contributed by atoms with Gasteiger partial charge in [-0.2, -0.15) is 0 Å². The lowest BCUT2D eigenvalue weighted by atomic mass is 9.82. The predicted molar refractivity (Wildman–Crippen MR) is 127 cm³/mol. The summed E-state index contributed by atoms with van der Waals surface area (Å²) < 4.78 is 8.83. The van der Waals surface area contributed by atoms with Crippen molar-refractivity contribution < 1.29 is 9.84 Å². The van der Waals surface area contributed by atoms with Gasteiger partial charge in [0.2, 0.25) is 0 Å². The van der Waals surface area contributed by atoms with Gasteiger partial charge in [-0.25, -0.2) is 0 Å². The molecule has 0 radical (unpaired) electrons. The first-order chi connectivity index (χ1) is 15.1. The van der Waals surface area contributed by atoms with Crippen molar-refractivity contribution in [1.82, 2.24) is 9.47 Å². The van der Waals surface area contributed by atoms with Crippen molar-refractivity contribution in [2.75, 3.05) is 32.1 Å². The molecule has 6 heteroatoms. The SMILES string of the molecule is COc1ccc2c(c1)NC1(CCN(CC(O)Cc3ccc(Br)cc3)CC1)c1cccn1-2. The number of piperidine rings is 1. The Morgan fingerprint density at radius 1 is 1.13 bits per heavy atom. The number of aliphatic hydroxyl groups is 1. The van der Waals surface area contributed by atoms with Gasteiger partial charge in [-0.1, -0.05) is 28.1 Å². The number of ether oxygens (including phenoxy) is 1. The van der Waals surface area contributed by atoms with Crippen LogP contribution in [-0.2, 0) is 12.0 Å². The van der Waals surface area contributed by atoms with Crippen LogP contribution in [0, 0.1) is 0 Å². The zero-order valence-electron chi connectivity index (χ0n) is 17.7. The maximum Gasteiger partial charge on any atom is 0.121 e. The fourth-order valence-corrected chi connectivity index (χ4v) is 5.27. The average molecular weight is 482 g/mol. The van der Waals surface area contributed by atoms with Crippen LogP contribution >= 0.6 is 15.9 Å². The normalized spacial score (nSPS) is 18.2. The molecule has 0 aliphatic carbocycles. The number of nitrogens with zero attached hydrogens (tertiary/aromatic N) is 2. The third kappa shape index (κ3) is 4.00. The van der Waals surface area contributed by atoms with E-state index in [9.17, 15) is 5.11 Å². The Morgan fingerprint density at radius 3 is 2.65 bits per heavy atom. The molecule has 31 heavy (non-hydrogen) atoms. The minimum atomic E-state index is -0.358. The van der Waals surface area contributed by atoms with E-state index in [0.717, 1.165) is 41.8 Å². The third-order valence-corrected chi connectivity index (χ3v) is 7.17. The van der Waals surface area contributed by atoms with E-state index in [2.05, 4.69) is 73.3 Å². The molecule has 1 spiro atoms. The molecule has 5 nitrogen and oxygen atoms in total. The van der Waals surface area contributed by atoms with Crippen molar-refractivity contribution >= 4 is 21.6 Å². The van der Waals surface area contributed by atoms with Gasteiger partial charge in [0.05, 0.1) is 30.1 Å². The summed E-state index contributed by atoms with van der Waals surface area (Å²) in [7, 11) is 1.71. The van der Waals surface area contributed by atoms with Crippen LogP contribution in [0.2, 0.25) is 0 Å². The molecule has 162 valence electrons. The number of anilines is 1. The molecule has 0 amide bonds. The average Bonchev–Trinajstić information content (AvgIpc) is 3.28. The largest absolute Gasteiger partial charge is 0.497 e. The summed E-state index contributed by atoms with van der Waals surface area (Å²) in [6.45, 7) is 2.61. The Morgan fingerprint density at radius 2 is 1.90 bits per heavy atom. The highest BCUT2D eigenvalue weighted by Gasteiger charge is 2.41. The fourth-order valence-electron chi connectivity index (χ4n) is 5.01. The predicted octanol–water partition coefficient (Wildman–Crippen LogP) is 4.57. The number of β-amino-alcohol motifs (C(OH)–C–C–N with tert-alkyl or cyclic N) is 1. The molecule has 0 saturated carbocycles. The minimum absolute atomic E-state index is 0.0873. The topological polar surface area (TPSA) is 49.7 Å². The number of rotatable bonds is 5. The molecule has 2 aromatic carbocycles. The Hall–Kier alpha value is -2.28. The molecule has 3 heterocycles. The number of hydrogen-bond donors (Lipinski definition) is 2. The van der Waals surface area contributed by atoms with E-state index < -0.39 is 0 Å². The summed E-state index contributed by atoms with van der Waals surface area (Å²) in [6, 6.07) is 18.8. The monoisotopic (exact) mass is 481 g/mol. The fraction of sp³-hybridized carbons (Fsp3) is 0.360. The number of benzene rings is 2. The lowest BCUT2D eigenvalue weighted by Crippen LogP contribution is -2.51. The minimum Gasteiger partial charge on any atom is -0.497 e. The van der Waals surface area contributed by atoms with Crippen molar-refractivity contribution in [1.29, 1.82) is 0 Å². The van der Waals surface area contributed by atoms with Gasteiger partial charge in [-0.05, 0) is 61.2 Å². The Kier molecular flexibility index (Phi) is 5.54. The molecule has 1 unspecified atom stereocenters. The molecular formula is C25H28BrN3O2. The van der Waals surface area contributed by atoms with Gasteiger partial charge in [0.1, 0.15) is 5.75 Å². The standard InChI is InChI=1S/C25H28BrN3O2/c1-31-21-8-9-23-22(16-21)27-25(24-3-2-12-29(23)24)10-13-28(14-11-25)17-20(30)15-18-4-6-19(26)7-5-18/h2-9,12,16,20,27,30H,10-11,13-15,17H2,1H3. The quantitative estimate of drug-likeness (QED) is 0.560. The van der Waals surface area contributed by atoms with Crippen LogP contribution in [0.4, 0.5) is 5.69 Å². The lowest BCUT2D eigenvalue weighted by Gasteiger charge is -2.46. The first kappa shape index (κ1) is 20.6. The molecule has 1 aromatic heterocycles. The number of aromatic nitrogens is 1. The van der Waals surface area contributed by atoms with E-state index in [1.54, 1.807) is 7.11 Å². The molecule has 0 bridgehead atoms. The van der Waals surface area contributed by atoms with Crippen LogP contribution in [0.5, 0.6) is 5.75 Å². The van der Waals surface area contributed by atoms with Crippen molar-refractivity contribution in [2.24, 2.45) is 0 Å². The Balaban J connectivity index is 1.27. The summed E-state index contributed by atoms with van der Waals surface area (Å²) in [6.07, 6.45) is 4.47. The number of aliphatic hydroxyl groups excluding tert-OH is 1. The van der Waals surface area contributed by atoms with E-state index in [-0.39, 0.29) is 11.6 Å². The maximum atomic E-state index is 10.7. The van der Waals surface area contributed by atoms with Crippen LogP contribution < -0.4 is 10.1 Å². The van der Waals surface area contributed by atoms with Gasteiger partial charge in [-0.3, -0.25) is 0 Å². The number of methoxy groups -OCH3 is 1. The summed E-state index contributed by atoms with van der Waals surface area (Å²) in [4.78, 5) is 2.39. The maximum absolute atomic E-state index is 10.7. The number of likely N-dealkylation sites (tertiary alicyclic amines) is 1. The third-order valence-electron chi connectivity index (χ3n) is 6.64. The van der Waals surface area contributed by atoms with E-state index in [0.29, 0.717) is 13.0 Å². The van der Waals surface area contributed by atoms with Crippen molar-refractivity contribution in [2.45, 2.75) is 30.9 Å².